The van der Waals surface area contributed by atoms with E-state index in [1.807, 2.05) is 6.07 Å². The van der Waals surface area contributed by atoms with Crippen LogP contribution < -0.4 is 4.74 Å². The number of hydrogen-bond donors (Lipinski definition) is 0. The first-order chi connectivity index (χ1) is 8.32. The highest BCUT2D eigenvalue weighted by Gasteiger charge is 2.18. The largest absolute Gasteiger partial charge is 0.494 e. The smallest absolute Gasteiger partial charge is 0.145 e. The van der Waals surface area contributed by atoms with Crippen LogP contribution in [0.25, 0.3) is 10.9 Å². The van der Waals surface area contributed by atoms with E-state index in [2.05, 4.69) is 46.8 Å². The van der Waals surface area contributed by atoms with E-state index in [9.17, 15) is 0 Å². The molecule has 1 aromatic heterocycles. The van der Waals surface area contributed by atoms with Crippen molar-refractivity contribution >= 4 is 10.9 Å². The van der Waals surface area contributed by atoms with E-state index < -0.39 is 0 Å². The molecule has 18 heavy (non-hydrogen) atoms. The predicted molar refractivity (Wildman–Crippen MR) is 76.5 cm³/mol. The molecule has 2 aromatic rings. The normalized spacial score (nSPS) is 11.9. The fraction of sp³-hybridized carbons (Fsp3) is 0.438. The predicted octanol–water partition coefficient (Wildman–Crippen LogP) is 4.16. The van der Waals surface area contributed by atoms with Gasteiger partial charge in [0.25, 0.3) is 0 Å². The van der Waals surface area contributed by atoms with Crippen molar-refractivity contribution < 1.29 is 4.74 Å². The zero-order valence-electron chi connectivity index (χ0n) is 12.1. The van der Waals surface area contributed by atoms with Gasteiger partial charge in [0, 0.05) is 16.5 Å². The summed E-state index contributed by atoms with van der Waals surface area (Å²) in [5.74, 6) is 0.860. The number of aryl methyl sites for hydroxylation is 2. The van der Waals surface area contributed by atoms with Crippen LogP contribution in [0.1, 0.15) is 37.6 Å². The first kappa shape index (κ1) is 12.9. The highest BCUT2D eigenvalue weighted by atomic mass is 16.5. The average Bonchev–Trinajstić information content (AvgIpc) is 2.27. The minimum absolute atomic E-state index is 0.0504. The van der Waals surface area contributed by atoms with E-state index in [4.69, 9.17) is 9.72 Å². The number of hydrogen-bond acceptors (Lipinski definition) is 2. The Morgan fingerprint density at radius 1 is 1.06 bits per heavy atom. The summed E-state index contributed by atoms with van der Waals surface area (Å²) in [7, 11) is 1.70. The molecule has 2 heteroatoms. The van der Waals surface area contributed by atoms with Crippen LogP contribution in [-0.4, -0.2) is 12.1 Å². The van der Waals surface area contributed by atoms with Gasteiger partial charge in [-0.3, -0.25) is 0 Å². The molecule has 0 saturated heterocycles. The summed E-state index contributed by atoms with van der Waals surface area (Å²) in [6, 6.07) is 6.40. The molecule has 0 aliphatic heterocycles. The standard InChI is InChI=1S/C16H21NO/c1-10-7-12-11(2)9-14(16(3,4)5)17-15(12)13(8-10)18-6/h7-9H,1-6H3. The molecule has 0 atom stereocenters. The summed E-state index contributed by atoms with van der Waals surface area (Å²) < 4.78 is 5.47. The second-order valence-corrected chi connectivity index (χ2v) is 5.94. The molecule has 0 N–H and O–H groups in total. The Morgan fingerprint density at radius 2 is 1.72 bits per heavy atom. The van der Waals surface area contributed by atoms with Crippen LogP contribution in [0, 0.1) is 13.8 Å². The van der Waals surface area contributed by atoms with Crippen LogP contribution >= 0.6 is 0 Å². The second-order valence-electron chi connectivity index (χ2n) is 5.94. The molecule has 0 amide bonds. The molecule has 0 aliphatic rings. The quantitative estimate of drug-likeness (QED) is 0.750. The highest BCUT2D eigenvalue weighted by molar-refractivity contribution is 5.88. The van der Waals surface area contributed by atoms with Crippen LogP contribution in [0.15, 0.2) is 18.2 Å². The van der Waals surface area contributed by atoms with Gasteiger partial charge in [-0.15, -0.1) is 0 Å². The van der Waals surface area contributed by atoms with Crippen molar-refractivity contribution in [3.05, 3.63) is 35.0 Å². The molecule has 0 spiro atoms. The average molecular weight is 243 g/mol. The zero-order valence-corrected chi connectivity index (χ0v) is 12.1. The number of methoxy groups -OCH3 is 1. The van der Waals surface area contributed by atoms with Gasteiger partial charge in [0.05, 0.1) is 7.11 Å². The summed E-state index contributed by atoms with van der Waals surface area (Å²) in [6.07, 6.45) is 0. The Kier molecular flexibility index (Phi) is 3.05. The monoisotopic (exact) mass is 243 g/mol. The summed E-state index contributed by atoms with van der Waals surface area (Å²) in [5.41, 5.74) is 4.58. The van der Waals surface area contributed by atoms with Crippen molar-refractivity contribution in [2.45, 2.75) is 40.0 Å². The Labute approximate surface area is 109 Å². The third-order valence-corrected chi connectivity index (χ3v) is 3.22. The molecular weight excluding hydrogens is 222 g/mol. The lowest BCUT2D eigenvalue weighted by Gasteiger charge is -2.20. The van der Waals surface area contributed by atoms with E-state index in [1.165, 1.54) is 16.5 Å². The summed E-state index contributed by atoms with van der Waals surface area (Å²) in [5, 5.41) is 1.18. The number of rotatable bonds is 1. The Morgan fingerprint density at radius 3 is 2.28 bits per heavy atom. The number of aromatic nitrogens is 1. The first-order valence-corrected chi connectivity index (χ1v) is 6.29. The molecule has 2 rings (SSSR count). The first-order valence-electron chi connectivity index (χ1n) is 6.29. The minimum atomic E-state index is 0.0504. The molecule has 0 bridgehead atoms. The van der Waals surface area contributed by atoms with E-state index in [-0.39, 0.29) is 5.41 Å². The second kappa shape index (κ2) is 4.27. The molecular formula is C16H21NO. The fourth-order valence-electron chi connectivity index (χ4n) is 2.14. The zero-order chi connectivity index (χ0) is 13.5. The molecule has 0 radical (unpaired) electrons. The van der Waals surface area contributed by atoms with Gasteiger partial charge in [-0.05, 0) is 43.2 Å². The lowest BCUT2D eigenvalue weighted by molar-refractivity contribution is 0.418. The van der Waals surface area contributed by atoms with Gasteiger partial charge in [0.2, 0.25) is 0 Å². The summed E-state index contributed by atoms with van der Waals surface area (Å²) >= 11 is 0. The van der Waals surface area contributed by atoms with Crippen molar-refractivity contribution in [1.29, 1.82) is 0 Å². The third kappa shape index (κ3) is 2.20. The van der Waals surface area contributed by atoms with Crippen molar-refractivity contribution in [3.8, 4) is 5.75 Å². The lowest BCUT2D eigenvalue weighted by Crippen LogP contribution is -2.14. The molecule has 0 fully saturated rings. The molecule has 1 aromatic carbocycles. The topological polar surface area (TPSA) is 22.1 Å². The van der Waals surface area contributed by atoms with Gasteiger partial charge in [-0.1, -0.05) is 20.8 Å². The number of fused-ring (bicyclic) bond motifs is 1. The molecule has 2 nitrogen and oxygen atoms in total. The maximum Gasteiger partial charge on any atom is 0.145 e. The number of benzene rings is 1. The maximum atomic E-state index is 5.47. The minimum Gasteiger partial charge on any atom is -0.494 e. The van der Waals surface area contributed by atoms with Crippen LogP contribution in [0.3, 0.4) is 0 Å². The van der Waals surface area contributed by atoms with Gasteiger partial charge in [0.15, 0.2) is 0 Å². The lowest BCUT2D eigenvalue weighted by atomic mass is 9.90. The van der Waals surface area contributed by atoms with Crippen molar-refractivity contribution in [2.75, 3.05) is 7.11 Å². The molecule has 1 heterocycles. The Balaban J connectivity index is 2.83. The van der Waals surface area contributed by atoms with Crippen LogP contribution in [0.5, 0.6) is 5.75 Å². The van der Waals surface area contributed by atoms with Crippen molar-refractivity contribution in [2.24, 2.45) is 0 Å². The molecule has 0 unspecified atom stereocenters. The van der Waals surface area contributed by atoms with Gasteiger partial charge in [0.1, 0.15) is 11.3 Å². The van der Waals surface area contributed by atoms with E-state index in [1.54, 1.807) is 7.11 Å². The van der Waals surface area contributed by atoms with Crippen LogP contribution in [0.2, 0.25) is 0 Å². The van der Waals surface area contributed by atoms with Gasteiger partial charge in [-0.2, -0.15) is 0 Å². The Bertz CT molecular complexity index is 594. The summed E-state index contributed by atoms with van der Waals surface area (Å²) in [6.45, 7) is 10.8. The van der Waals surface area contributed by atoms with E-state index in [0.717, 1.165) is 17.0 Å². The van der Waals surface area contributed by atoms with Crippen molar-refractivity contribution in [3.63, 3.8) is 0 Å². The summed E-state index contributed by atoms with van der Waals surface area (Å²) in [4.78, 5) is 4.79. The molecule has 0 saturated carbocycles. The number of pyridine rings is 1. The van der Waals surface area contributed by atoms with E-state index >= 15 is 0 Å². The van der Waals surface area contributed by atoms with Crippen LogP contribution in [-0.2, 0) is 5.41 Å². The number of nitrogens with zero attached hydrogens (tertiary/aromatic N) is 1. The number of ether oxygens (including phenoxy) is 1. The SMILES string of the molecule is COc1cc(C)cc2c(C)cc(C(C)(C)C)nc12. The third-order valence-electron chi connectivity index (χ3n) is 3.22. The van der Waals surface area contributed by atoms with Gasteiger partial charge < -0.3 is 4.74 Å². The van der Waals surface area contributed by atoms with Gasteiger partial charge in [-0.25, -0.2) is 4.98 Å². The highest BCUT2D eigenvalue weighted by Crippen LogP contribution is 2.31. The molecule has 96 valence electrons. The molecule has 0 aliphatic carbocycles. The Hall–Kier alpha value is -1.57. The van der Waals surface area contributed by atoms with Gasteiger partial charge >= 0.3 is 0 Å². The van der Waals surface area contributed by atoms with E-state index in [0.29, 0.717) is 0 Å². The fourth-order valence-corrected chi connectivity index (χ4v) is 2.14. The van der Waals surface area contributed by atoms with Crippen LogP contribution in [0.4, 0.5) is 0 Å². The maximum absolute atomic E-state index is 5.47. The van der Waals surface area contributed by atoms with Crippen molar-refractivity contribution in [1.82, 2.24) is 4.98 Å².